The molecule has 0 radical (unpaired) electrons. The molecule has 5 nitrogen and oxygen atoms in total. The van der Waals surface area contributed by atoms with E-state index in [9.17, 15) is 12.8 Å². The third kappa shape index (κ3) is 2.77. The molecule has 0 unspecified atom stereocenters. The van der Waals surface area contributed by atoms with Crippen LogP contribution < -0.4 is 4.72 Å². The molecule has 3 rings (SSSR count). The number of aromatic amines is 1. The summed E-state index contributed by atoms with van der Waals surface area (Å²) in [5.41, 5.74) is 1.10. The van der Waals surface area contributed by atoms with E-state index in [0.29, 0.717) is 11.2 Å². The summed E-state index contributed by atoms with van der Waals surface area (Å²) in [6, 6.07) is 4.40. The Morgan fingerprint density at radius 2 is 2.23 bits per heavy atom. The van der Waals surface area contributed by atoms with E-state index in [4.69, 9.17) is 0 Å². The van der Waals surface area contributed by atoms with E-state index in [1.54, 1.807) is 6.07 Å². The summed E-state index contributed by atoms with van der Waals surface area (Å²) in [5, 5.41) is 2.84. The molecule has 0 aliphatic carbocycles. The molecule has 2 heterocycles. The highest BCUT2D eigenvalue weighted by atomic mass is 32.2. The van der Waals surface area contributed by atoms with Crippen LogP contribution in [-0.2, 0) is 23.0 Å². The second-order valence-electron chi connectivity index (χ2n) is 4.73. The van der Waals surface area contributed by atoms with Crippen molar-refractivity contribution in [2.24, 2.45) is 0 Å². The topological polar surface area (TPSA) is 74.8 Å². The first-order valence-electron chi connectivity index (χ1n) is 6.70. The predicted octanol–water partition coefficient (Wildman–Crippen LogP) is 2.80. The third-order valence-corrected chi connectivity index (χ3v) is 5.72. The highest BCUT2D eigenvalue weighted by Crippen LogP contribution is 2.25. The maximum Gasteiger partial charge on any atom is 0.243 e. The fraction of sp³-hybridized carbons (Fsp3) is 0.214. The molecule has 22 heavy (non-hydrogen) atoms. The van der Waals surface area contributed by atoms with Crippen molar-refractivity contribution in [3.05, 3.63) is 46.3 Å². The molecule has 0 atom stereocenters. The molecule has 0 bridgehead atoms. The number of benzene rings is 1. The van der Waals surface area contributed by atoms with Crippen LogP contribution in [0.5, 0.6) is 0 Å². The first-order valence-corrected chi connectivity index (χ1v) is 9.06. The van der Waals surface area contributed by atoms with Crippen LogP contribution in [0, 0.1) is 5.82 Å². The number of nitrogens with zero attached hydrogens (tertiary/aromatic N) is 1. The Hall–Kier alpha value is -1.77. The van der Waals surface area contributed by atoms with Gasteiger partial charge < -0.3 is 4.98 Å². The number of H-pyrrole nitrogens is 1. The minimum atomic E-state index is -3.82. The van der Waals surface area contributed by atoms with Crippen molar-refractivity contribution in [3.63, 3.8) is 0 Å². The Bertz CT molecular complexity index is 915. The first-order chi connectivity index (χ1) is 10.5. The number of aryl methyl sites for hydroxylation is 1. The summed E-state index contributed by atoms with van der Waals surface area (Å²) in [6.07, 6.45) is 2.11. The Morgan fingerprint density at radius 1 is 1.41 bits per heavy atom. The third-order valence-electron chi connectivity index (χ3n) is 3.25. The van der Waals surface area contributed by atoms with Gasteiger partial charge in [-0.15, -0.1) is 11.3 Å². The number of thiazole rings is 1. The van der Waals surface area contributed by atoms with Gasteiger partial charge in [-0.2, -0.15) is 0 Å². The molecule has 0 fully saturated rings. The van der Waals surface area contributed by atoms with Crippen molar-refractivity contribution >= 4 is 32.3 Å². The van der Waals surface area contributed by atoms with E-state index < -0.39 is 15.8 Å². The van der Waals surface area contributed by atoms with Gasteiger partial charge in [0.2, 0.25) is 10.0 Å². The molecule has 0 aliphatic heterocycles. The number of fused-ring (bicyclic) bond motifs is 1. The summed E-state index contributed by atoms with van der Waals surface area (Å²) >= 11 is 1.49. The summed E-state index contributed by atoms with van der Waals surface area (Å²) in [6.45, 7) is 2.07. The highest BCUT2D eigenvalue weighted by molar-refractivity contribution is 7.89. The summed E-state index contributed by atoms with van der Waals surface area (Å²) in [5.74, 6) is -0.568. The summed E-state index contributed by atoms with van der Waals surface area (Å²) in [7, 11) is -3.82. The molecule has 2 N–H and O–H groups in total. The molecule has 0 spiro atoms. The maximum atomic E-state index is 13.9. The largest absolute Gasteiger partial charge is 0.360 e. The maximum absolute atomic E-state index is 13.9. The van der Waals surface area contributed by atoms with E-state index in [0.717, 1.165) is 11.4 Å². The predicted molar refractivity (Wildman–Crippen MR) is 83.8 cm³/mol. The Labute approximate surface area is 131 Å². The van der Waals surface area contributed by atoms with E-state index >= 15 is 0 Å². The molecular weight excluding hydrogens is 325 g/mol. The van der Waals surface area contributed by atoms with Crippen LogP contribution in [0.2, 0.25) is 0 Å². The lowest BCUT2D eigenvalue weighted by Gasteiger charge is -2.04. The van der Waals surface area contributed by atoms with E-state index in [1.807, 2.05) is 12.3 Å². The Morgan fingerprint density at radius 3 is 2.95 bits per heavy atom. The SMILES string of the molecule is CCc1nc(CNS(=O)(=O)c2c[nH]c3cccc(F)c23)cs1. The fourth-order valence-corrected chi connectivity index (χ4v) is 4.09. The average Bonchev–Trinajstić information content (AvgIpc) is 3.13. The normalized spacial score (nSPS) is 12.1. The van der Waals surface area contributed by atoms with E-state index in [2.05, 4.69) is 14.7 Å². The molecule has 8 heteroatoms. The molecule has 0 saturated heterocycles. The number of nitrogens with one attached hydrogen (secondary N) is 2. The quantitative estimate of drug-likeness (QED) is 0.750. The Kier molecular flexibility index (Phi) is 3.98. The van der Waals surface area contributed by atoms with Crippen LogP contribution in [0.4, 0.5) is 4.39 Å². The summed E-state index contributed by atoms with van der Waals surface area (Å²) < 4.78 is 41.1. The Balaban J connectivity index is 1.88. The number of rotatable bonds is 5. The van der Waals surface area contributed by atoms with Gasteiger partial charge in [-0.05, 0) is 18.6 Å². The van der Waals surface area contributed by atoms with Gasteiger partial charge in [0, 0.05) is 17.1 Å². The van der Waals surface area contributed by atoms with Crippen molar-refractivity contribution < 1.29 is 12.8 Å². The number of halogens is 1. The van der Waals surface area contributed by atoms with Gasteiger partial charge in [-0.1, -0.05) is 13.0 Å². The molecule has 0 amide bonds. The average molecular weight is 339 g/mol. The van der Waals surface area contributed by atoms with E-state index in [-0.39, 0.29) is 16.8 Å². The van der Waals surface area contributed by atoms with Gasteiger partial charge in [0.05, 0.1) is 22.6 Å². The molecular formula is C14H14FN3O2S2. The zero-order valence-corrected chi connectivity index (χ0v) is 13.4. The molecule has 0 aliphatic rings. The van der Waals surface area contributed by atoms with Gasteiger partial charge in [0.15, 0.2) is 0 Å². The zero-order valence-electron chi connectivity index (χ0n) is 11.8. The van der Waals surface area contributed by atoms with Gasteiger partial charge in [0.1, 0.15) is 10.7 Å². The molecule has 0 saturated carbocycles. The van der Waals surface area contributed by atoms with Crippen molar-refractivity contribution in [1.29, 1.82) is 0 Å². The molecule has 2 aromatic heterocycles. The van der Waals surface area contributed by atoms with Crippen molar-refractivity contribution in [2.45, 2.75) is 24.8 Å². The lowest BCUT2D eigenvalue weighted by atomic mass is 10.2. The van der Waals surface area contributed by atoms with Gasteiger partial charge >= 0.3 is 0 Å². The van der Waals surface area contributed by atoms with Crippen LogP contribution >= 0.6 is 11.3 Å². The first kappa shape index (κ1) is 15.1. The summed E-state index contributed by atoms with van der Waals surface area (Å²) in [4.78, 5) is 6.99. The van der Waals surface area contributed by atoms with Crippen LogP contribution in [0.3, 0.4) is 0 Å². The van der Waals surface area contributed by atoms with Crippen LogP contribution in [0.1, 0.15) is 17.6 Å². The van der Waals surface area contributed by atoms with E-state index in [1.165, 1.54) is 29.7 Å². The molecule has 116 valence electrons. The molecule has 1 aromatic carbocycles. The minimum Gasteiger partial charge on any atom is -0.360 e. The standard InChI is InChI=1S/C14H14FN3O2S2/c1-2-13-18-9(8-21-13)6-17-22(19,20)12-7-16-11-5-3-4-10(15)14(11)12/h3-5,7-8,16-17H,2,6H2,1H3. The van der Waals surface area contributed by atoms with Crippen LogP contribution in [0.25, 0.3) is 10.9 Å². The van der Waals surface area contributed by atoms with Crippen LogP contribution in [0.15, 0.2) is 34.7 Å². The number of aromatic nitrogens is 2. The van der Waals surface area contributed by atoms with Gasteiger partial charge in [-0.25, -0.2) is 22.5 Å². The van der Waals surface area contributed by atoms with Crippen LogP contribution in [-0.4, -0.2) is 18.4 Å². The van der Waals surface area contributed by atoms with Crippen molar-refractivity contribution in [1.82, 2.24) is 14.7 Å². The van der Waals surface area contributed by atoms with Gasteiger partial charge in [-0.3, -0.25) is 0 Å². The van der Waals surface area contributed by atoms with Gasteiger partial charge in [0.25, 0.3) is 0 Å². The minimum absolute atomic E-state index is 0.0718. The number of hydrogen-bond acceptors (Lipinski definition) is 4. The molecule has 3 aromatic rings. The number of sulfonamides is 1. The monoisotopic (exact) mass is 339 g/mol. The lowest BCUT2D eigenvalue weighted by molar-refractivity contribution is 0.580. The fourth-order valence-electron chi connectivity index (χ4n) is 2.16. The number of hydrogen-bond donors (Lipinski definition) is 2. The second-order valence-corrected chi connectivity index (χ2v) is 7.40. The smallest absolute Gasteiger partial charge is 0.243 e. The van der Waals surface area contributed by atoms with Crippen molar-refractivity contribution in [3.8, 4) is 0 Å². The van der Waals surface area contributed by atoms with Crippen molar-refractivity contribution in [2.75, 3.05) is 0 Å². The highest BCUT2D eigenvalue weighted by Gasteiger charge is 2.21. The second kappa shape index (κ2) is 5.79. The lowest BCUT2D eigenvalue weighted by Crippen LogP contribution is -2.23. The zero-order chi connectivity index (χ0) is 15.7.